The average Bonchev–Trinajstić information content (AvgIpc) is 2.65. The molecule has 0 radical (unpaired) electrons. The second-order valence-corrected chi connectivity index (χ2v) is 5.96. The molecule has 0 bridgehead atoms. The van der Waals surface area contributed by atoms with E-state index in [2.05, 4.69) is 4.99 Å². The van der Waals surface area contributed by atoms with E-state index in [0.717, 1.165) is 16.9 Å². The van der Waals surface area contributed by atoms with Crippen LogP contribution in [0.1, 0.15) is 21.5 Å². The summed E-state index contributed by atoms with van der Waals surface area (Å²) in [7, 11) is 0. The third-order valence-electron chi connectivity index (χ3n) is 3.91. The molecule has 0 aliphatic rings. The molecule has 3 aromatic carbocycles. The van der Waals surface area contributed by atoms with Gasteiger partial charge in [0.1, 0.15) is 6.34 Å². The van der Waals surface area contributed by atoms with Crippen molar-refractivity contribution < 1.29 is 4.79 Å². The molecule has 0 unspecified atom stereocenters. The normalized spacial score (nSPS) is 10.8. The van der Waals surface area contributed by atoms with Crippen molar-refractivity contribution in [2.24, 2.45) is 4.99 Å². The van der Waals surface area contributed by atoms with Gasteiger partial charge in [-0.2, -0.15) is 0 Å². The number of benzene rings is 3. The summed E-state index contributed by atoms with van der Waals surface area (Å²) < 4.78 is 0. The van der Waals surface area contributed by atoms with Gasteiger partial charge >= 0.3 is 0 Å². The van der Waals surface area contributed by atoms with Gasteiger partial charge in [-0.15, -0.1) is 0 Å². The van der Waals surface area contributed by atoms with Crippen molar-refractivity contribution in [2.75, 3.05) is 4.90 Å². The van der Waals surface area contributed by atoms with Crippen LogP contribution in [-0.2, 0) is 0 Å². The monoisotopic (exact) mass is 328 g/mol. The number of aliphatic imine (C=N–C) groups is 1. The maximum Gasteiger partial charge on any atom is 0.263 e. The van der Waals surface area contributed by atoms with Crippen LogP contribution in [0.3, 0.4) is 0 Å². The summed E-state index contributed by atoms with van der Waals surface area (Å²) in [5.74, 6) is -0.111. The smallest absolute Gasteiger partial charge is 0.263 e. The Morgan fingerprint density at radius 3 is 1.96 bits per heavy atom. The van der Waals surface area contributed by atoms with Gasteiger partial charge in [-0.3, -0.25) is 9.69 Å². The van der Waals surface area contributed by atoms with Gasteiger partial charge in [-0.25, -0.2) is 4.99 Å². The Morgan fingerprint density at radius 1 is 0.800 bits per heavy atom. The third-order valence-corrected chi connectivity index (χ3v) is 3.91. The summed E-state index contributed by atoms with van der Waals surface area (Å²) in [6.45, 7) is 4.05. The third kappa shape index (κ3) is 4.21. The molecule has 0 N–H and O–H groups in total. The van der Waals surface area contributed by atoms with Crippen LogP contribution in [0, 0.1) is 13.8 Å². The maximum atomic E-state index is 12.9. The molecular formula is C22H20N2O. The van der Waals surface area contributed by atoms with E-state index in [0.29, 0.717) is 5.56 Å². The highest BCUT2D eigenvalue weighted by Crippen LogP contribution is 2.19. The van der Waals surface area contributed by atoms with Gasteiger partial charge in [0, 0.05) is 5.56 Å². The molecule has 0 spiro atoms. The van der Waals surface area contributed by atoms with Crippen LogP contribution in [0.15, 0.2) is 83.9 Å². The van der Waals surface area contributed by atoms with Crippen LogP contribution in [0.2, 0.25) is 0 Å². The molecule has 0 aliphatic heterocycles. The van der Waals surface area contributed by atoms with Gasteiger partial charge < -0.3 is 0 Å². The highest BCUT2D eigenvalue weighted by Gasteiger charge is 2.15. The van der Waals surface area contributed by atoms with Gasteiger partial charge in [0.25, 0.3) is 5.91 Å². The number of carbonyl (C=O) groups excluding carboxylic acids is 1. The molecule has 0 fully saturated rings. The van der Waals surface area contributed by atoms with Gasteiger partial charge in [0.15, 0.2) is 0 Å². The van der Waals surface area contributed by atoms with Crippen LogP contribution >= 0.6 is 0 Å². The molecule has 124 valence electrons. The van der Waals surface area contributed by atoms with E-state index in [4.69, 9.17) is 0 Å². The molecule has 3 heteroatoms. The molecule has 0 aliphatic carbocycles. The number of carbonyl (C=O) groups is 1. The van der Waals surface area contributed by atoms with Gasteiger partial charge in [0.2, 0.25) is 0 Å². The van der Waals surface area contributed by atoms with E-state index in [9.17, 15) is 4.79 Å². The predicted octanol–water partition coefficient (Wildman–Crippen LogP) is 5.31. The fourth-order valence-electron chi connectivity index (χ4n) is 2.42. The Labute approximate surface area is 148 Å². The highest BCUT2D eigenvalue weighted by molar-refractivity contribution is 6.16. The Balaban J connectivity index is 1.95. The largest absolute Gasteiger partial charge is 0.268 e. The minimum atomic E-state index is -0.111. The van der Waals surface area contributed by atoms with Crippen LogP contribution < -0.4 is 4.90 Å². The summed E-state index contributed by atoms with van der Waals surface area (Å²) >= 11 is 0. The zero-order chi connectivity index (χ0) is 17.6. The van der Waals surface area contributed by atoms with E-state index in [1.54, 1.807) is 11.2 Å². The number of rotatable bonds is 4. The fraction of sp³-hybridized carbons (Fsp3) is 0.0909. The van der Waals surface area contributed by atoms with E-state index in [1.165, 1.54) is 5.56 Å². The number of amides is 1. The highest BCUT2D eigenvalue weighted by atomic mass is 16.2. The maximum absolute atomic E-state index is 12.9. The van der Waals surface area contributed by atoms with Crippen molar-refractivity contribution in [2.45, 2.75) is 13.8 Å². The van der Waals surface area contributed by atoms with Gasteiger partial charge in [0.05, 0.1) is 11.4 Å². The first-order valence-electron chi connectivity index (χ1n) is 8.19. The zero-order valence-corrected chi connectivity index (χ0v) is 14.4. The minimum Gasteiger partial charge on any atom is -0.268 e. The van der Waals surface area contributed by atoms with Gasteiger partial charge in [-0.1, -0.05) is 53.6 Å². The molecule has 3 rings (SSSR count). The summed E-state index contributed by atoms with van der Waals surface area (Å²) in [6, 6.07) is 24.9. The Hall–Kier alpha value is -3.20. The van der Waals surface area contributed by atoms with E-state index in [-0.39, 0.29) is 5.91 Å². The minimum absolute atomic E-state index is 0.111. The molecule has 3 aromatic rings. The van der Waals surface area contributed by atoms with Crippen molar-refractivity contribution >= 4 is 23.6 Å². The topological polar surface area (TPSA) is 32.7 Å². The predicted molar refractivity (Wildman–Crippen MR) is 104 cm³/mol. The molecule has 0 atom stereocenters. The van der Waals surface area contributed by atoms with Crippen molar-refractivity contribution in [3.8, 4) is 0 Å². The van der Waals surface area contributed by atoms with Gasteiger partial charge in [-0.05, 0) is 50.2 Å². The Kier molecular flexibility index (Phi) is 5.05. The molecule has 25 heavy (non-hydrogen) atoms. The second kappa shape index (κ2) is 7.58. The summed E-state index contributed by atoms with van der Waals surface area (Å²) in [6.07, 6.45) is 1.59. The number of nitrogens with zero attached hydrogens (tertiary/aromatic N) is 2. The van der Waals surface area contributed by atoms with Crippen LogP contribution in [0.5, 0.6) is 0 Å². The summed E-state index contributed by atoms with van der Waals surface area (Å²) in [5, 5.41) is 0. The zero-order valence-electron chi connectivity index (χ0n) is 14.4. The fourth-order valence-corrected chi connectivity index (χ4v) is 2.42. The first-order chi connectivity index (χ1) is 12.1. The summed E-state index contributed by atoms with van der Waals surface area (Å²) in [4.78, 5) is 19.0. The van der Waals surface area contributed by atoms with Crippen LogP contribution in [0.25, 0.3) is 0 Å². The standard InChI is InChI=1S/C22H20N2O/c1-17-8-12-20(13-9-17)23-16-24(21-14-10-18(2)11-15-21)22(25)19-6-4-3-5-7-19/h3-16H,1-2H3. The van der Waals surface area contributed by atoms with E-state index >= 15 is 0 Å². The van der Waals surface area contributed by atoms with Crippen LogP contribution in [-0.4, -0.2) is 12.2 Å². The molecule has 0 aromatic heterocycles. The molecule has 0 saturated carbocycles. The lowest BCUT2D eigenvalue weighted by atomic mass is 10.1. The first-order valence-corrected chi connectivity index (χ1v) is 8.19. The quantitative estimate of drug-likeness (QED) is 0.472. The number of aryl methyl sites for hydroxylation is 2. The summed E-state index contributed by atoms with van der Waals surface area (Å²) in [5.41, 5.74) is 4.54. The molecule has 0 saturated heterocycles. The van der Waals surface area contributed by atoms with E-state index in [1.807, 2.05) is 92.7 Å². The van der Waals surface area contributed by atoms with E-state index < -0.39 is 0 Å². The first kappa shape index (κ1) is 16.7. The second-order valence-electron chi connectivity index (χ2n) is 5.96. The number of hydrogen-bond acceptors (Lipinski definition) is 2. The van der Waals surface area contributed by atoms with Crippen molar-refractivity contribution in [1.29, 1.82) is 0 Å². The molecule has 1 amide bonds. The lowest BCUT2D eigenvalue weighted by Gasteiger charge is -2.18. The van der Waals surface area contributed by atoms with Crippen molar-refractivity contribution in [3.05, 3.63) is 95.6 Å². The number of anilines is 1. The van der Waals surface area contributed by atoms with Crippen LogP contribution in [0.4, 0.5) is 11.4 Å². The molecule has 0 heterocycles. The average molecular weight is 328 g/mol. The molecule has 3 nitrogen and oxygen atoms in total. The number of hydrogen-bond donors (Lipinski definition) is 0. The Bertz CT molecular complexity index is 866. The Morgan fingerprint density at radius 2 is 1.36 bits per heavy atom. The molecular weight excluding hydrogens is 308 g/mol. The van der Waals surface area contributed by atoms with Crippen molar-refractivity contribution in [3.63, 3.8) is 0 Å². The lowest BCUT2D eigenvalue weighted by Crippen LogP contribution is -2.29. The van der Waals surface area contributed by atoms with Crippen molar-refractivity contribution in [1.82, 2.24) is 0 Å². The lowest BCUT2D eigenvalue weighted by molar-refractivity contribution is 0.100. The SMILES string of the molecule is Cc1ccc(N=CN(C(=O)c2ccccc2)c2ccc(C)cc2)cc1.